The van der Waals surface area contributed by atoms with Crippen molar-refractivity contribution in [2.24, 2.45) is 0 Å². The molecule has 3 rings (SSSR count). The molecule has 1 atom stereocenters. The van der Waals surface area contributed by atoms with Crippen LogP contribution in [-0.2, 0) is 26.2 Å². The molecule has 0 spiro atoms. The minimum Gasteiger partial charge on any atom is -0.494 e. The van der Waals surface area contributed by atoms with Crippen molar-refractivity contribution in [2.45, 2.75) is 44.7 Å². The first-order chi connectivity index (χ1) is 19.5. The number of hydrogen-bond donors (Lipinski definition) is 1. The number of benzene rings is 3. The first-order valence-electron chi connectivity index (χ1n) is 13.0. The number of rotatable bonds is 13. The lowest BCUT2D eigenvalue weighted by atomic mass is 10.1. The summed E-state index contributed by atoms with van der Waals surface area (Å²) in [6.07, 6.45) is 0.307. The minimum absolute atomic E-state index is 0.00850. The van der Waals surface area contributed by atoms with Gasteiger partial charge >= 0.3 is 0 Å². The largest absolute Gasteiger partial charge is 0.494 e. The highest BCUT2D eigenvalue weighted by Crippen LogP contribution is 2.28. The van der Waals surface area contributed by atoms with Gasteiger partial charge in [-0.05, 0) is 86.5 Å². The molecule has 220 valence electrons. The van der Waals surface area contributed by atoms with Crippen LogP contribution >= 0.6 is 39.1 Å². The number of halogens is 3. The van der Waals surface area contributed by atoms with E-state index in [1.807, 2.05) is 6.92 Å². The molecule has 0 saturated carbocycles. The molecule has 0 saturated heterocycles. The Labute approximate surface area is 259 Å². The number of carbonyl (C=O) groups excluding carboxylic acids is 2. The summed E-state index contributed by atoms with van der Waals surface area (Å²) in [5.74, 6) is -0.345. The van der Waals surface area contributed by atoms with E-state index in [-0.39, 0.29) is 23.0 Å². The fraction of sp³-hybridized carbons (Fsp3) is 0.310. The first kappa shape index (κ1) is 32.7. The molecule has 0 radical (unpaired) electrons. The van der Waals surface area contributed by atoms with Gasteiger partial charge in [0.05, 0.1) is 27.2 Å². The Morgan fingerprint density at radius 1 is 0.951 bits per heavy atom. The van der Waals surface area contributed by atoms with E-state index in [1.165, 1.54) is 17.0 Å². The number of amides is 2. The highest BCUT2D eigenvalue weighted by Gasteiger charge is 2.33. The third-order valence-corrected chi connectivity index (χ3v) is 9.25. The smallest absolute Gasteiger partial charge is 0.264 e. The van der Waals surface area contributed by atoms with Crippen LogP contribution in [0.25, 0.3) is 0 Å². The highest BCUT2D eigenvalue weighted by atomic mass is 79.9. The summed E-state index contributed by atoms with van der Waals surface area (Å²) in [4.78, 5) is 28.5. The normalized spacial score (nSPS) is 12.0. The van der Waals surface area contributed by atoms with Gasteiger partial charge in [-0.3, -0.25) is 13.9 Å². The molecule has 2 amide bonds. The topological polar surface area (TPSA) is 96.0 Å². The van der Waals surface area contributed by atoms with E-state index in [1.54, 1.807) is 68.4 Å². The summed E-state index contributed by atoms with van der Waals surface area (Å²) >= 11 is 15.6. The Kier molecular flexibility index (Phi) is 11.9. The van der Waals surface area contributed by atoms with E-state index >= 15 is 0 Å². The van der Waals surface area contributed by atoms with Crippen molar-refractivity contribution >= 4 is 66.7 Å². The molecule has 1 unspecified atom stereocenters. The summed E-state index contributed by atoms with van der Waals surface area (Å²) in [7, 11) is -4.19. The Hall–Kier alpha value is -2.79. The standard InChI is InChI=1S/C29H32BrCl2N3O5S/c1-4-27(29(37)33-5-2)34(18-20-7-16-25(31)26(32)17-20)28(36)19-35(22-10-12-23(13-11-22)40-6-3)41(38,39)24-14-8-21(30)9-15-24/h7-17,27H,4-6,18-19H2,1-3H3,(H,33,37). The Morgan fingerprint density at radius 2 is 1.61 bits per heavy atom. The molecule has 12 heteroatoms. The number of carbonyl (C=O) groups is 2. The quantitative estimate of drug-likeness (QED) is 0.228. The van der Waals surface area contributed by atoms with Gasteiger partial charge in [-0.25, -0.2) is 8.42 Å². The fourth-order valence-electron chi connectivity index (χ4n) is 4.18. The molecule has 3 aromatic rings. The molecule has 0 fully saturated rings. The van der Waals surface area contributed by atoms with Crippen molar-refractivity contribution in [3.63, 3.8) is 0 Å². The number of sulfonamides is 1. The predicted molar refractivity (Wildman–Crippen MR) is 166 cm³/mol. The van der Waals surface area contributed by atoms with E-state index in [9.17, 15) is 18.0 Å². The predicted octanol–water partition coefficient (Wildman–Crippen LogP) is 6.29. The maximum Gasteiger partial charge on any atom is 0.264 e. The summed E-state index contributed by atoms with van der Waals surface area (Å²) in [6, 6.07) is 16.7. The van der Waals surface area contributed by atoms with Crippen LogP contribution in [0.3, 0.4) is 0 Å². The summed E-state index contributed by atoms with van der Waals surface area (Å²) < 4.78 is 35.1. The lowest BCUT2D eigenvalue weighted by Crippen LogP contribution is -2.52. The van der Waals surface area contributed by atoms with Crippen LogP contribution in [0.15, 0.2) is 76.1 Å². The van der Waals surface area contributed by atoms with Crippen molar-refractivity contribution in [1.82, 2.24) is 10.2 Å². The molecule has 0 aliphatic heterocycles. The van der Waals surface area contributed by atoms with Gasteiger partial charge < -0.3 is 15.0 Å². The number of likely N-dealkylation sites (N-methyl/N-ethyl adjacent to an activating group) is 1. The first-order valence-corrected chi connectivity index (χ1v) is 16.0. The van der Waals surface area contributed by atoms with Crippen LogP contribution in [0.1, 0.15) is 32.8 Å². The van der Waals surface area contributed by atoms with E-state index in [2.05, 4.69) is 21.2 Å². The number of nitrogens with zero attached hydrogens (tertiary/aromatic N) is 2. The summed E-state index contributed by atoms with van der Waals surface area (Å²) in [5, 5.41) is 3.43. The van der Waals surface area contributed by atoms with Gasteiger partial charge in [0.15, 0.2) is 0 Å². The van der Waals surface area contributed by atoms with E-state index in [4.69, 9.17) is 27.9 Å². The van der Waals surface area contributed by atoms with Gasteiger partial charge in [0, 0.05) is 17.6 Å². The zero-order valence-electron chi connectivity index (χ0n) is 22.9. The maximum atomic E-state index is 14.0. The second-order valence-electron chi connectivity index (χ2n) is 8.98. The molecule has 0 bridgehead atoms. The lowest BCUT2D eigenvalue weighted by Gasteiger charge is -2.33. The van der Waals surface area contributed by atoms with Crippen LogP contribution < -0.4 is 14.4 Å². The van der Waals surface area contributed by atoms with Gasteiger partial charge in [0.1, 0.15) is 18.3 Å². The number of hydrogen-bond acceptors (Lipinski definition) is 5. The monoisotopic (exact) mass is 683 g/mol. The third kappa shape index (κ3) is 8.38. The molecule has 8 nitrogen and oxygen atoms in total. The van der Waals surface area contributed by atoms with Crippen molar-refractivity contribution in [3.8, 4) is 5.75 Å². The fourth-order valence-corrected chi connectivity index (χ4v) is 6.18. The number of anilines is 1. The Morgan fingerprint density at radius 3 is 2.17 bits per heavy atom. The van der Waals surface area contributed by atoms with Crippen molar-refractivity contribution in [3.05, 3.63) is 86.8 Å². The highest BCUT2D eigenvalue weighted by molar-refractivity contribution is 9.10. The van der Waals surface area contributed by atoms with Gasteiger partial charge in [-0.1, -0.05) is 52.1 Å². The molecular weight excluding hydrogens is 653 g/mol. The SMILES string of the molecule is CCNC(=O)C(CC)N(Cc1ccc(Cl)c(Cl)c1)C(=O)CN(c1ccc(OCC)cc1)S(=O)(=O)c1ccc(Br)cc1. The molecule has 0 heterocycles. The van der Waals surface area contributed by atoms with E-state index in [0.29, 0.717) is 45.4 Å². The van der Waals surface area contributed by atoms with Crippen molar-refractivity contribution in [1.29, 1.82) is 0 Å². The van der Waals surface area contributed by atoms with Gasteiger partial charge in [-0.2, -0.15) is 0 Å². The van der Waals surface area contributed by atoms with E-state index in [0.717, 1.165) is 4.31 Å². The molecule has 3 aromatic carbocycles. The summed E-state index contributed by atoms with van der Waals surface area (Å²) in [6.45, 7) is 5.70. The van der Waals surface area contributed by atoms with Gasteiger partial charge in [-0.15, -0.1) is 0 Å². The van der Waals surface area contributed by atoms with Crippen LogP contribution in [0, 0.1) is 0 Å². The van der Waals surface area contributed by atoms with Crippen LogP contribution in [0.5, 0.6) is 5.75 Å². The molecule has 41 heavy (non-hydrogen) atoms. The van der Waals surface area contributed by atoms with Gasteiger partial charge in [0.25, 0.3) is 10.0 Å². The molecule has 0 aromatic heterocycles. The average molecular weight is 685 g/mol. The van der Waals surface area contributed by atoms with Gasteiger partial charge in [0.2, 0.25) is 11.8 Å². The lowest BCUT2D eigenvalue weighted by molar-refractivity contribution is -0.140. The molecule has 1 N–H and O–H groups in total. The minimum atomic E-state index is -4.19. The van der Waals surface area contributed by atoms with Crippen molar-refractivity contribution in [2.75, 3.05) is 24.0 Å². The maximum absolute atomic E-state index is 14.0. The van der Waals surface area contributed by atoms with E-state index < -0.39 is 28.5 Å². The van der Waals surface area contributed by atoms with Crippen LogP contribution in [0.2, 0.25) is 10.0 Å². The summed E-state index contributed by atoms with van der Waals surface area (Å²) in [5.41, 5.74) is 0.907. The number of nitrogens with one attached hydrogen (secondary N) is 1. The Balaban J connectivity index is 2.07. The number of ether oxygens (including phenoxy) is 1. The third-order valence-electron chi connectivity index (χ3n) is 6.19. The zero-order valence-corrected chi connectivity index (χ0v) is 26.9. The van der Waals surface area contributed by atoms with Crippen LogP contribution in [-0.4, -0.2) is 50.9 Å². The second kappa shape index (κ2) is 14.9. The molecular formula is C29H32BrCl2N3O5S. The van der Waals surface area contributed by atoms with Crippen LogP contribution in [0.4, 0.5) is 5.69 Å². The molecule has 0 aliphatic rings. The second-order valence-corrected chi connectivity index (χ2v) is 12.6. The average Bonchev–Trinajstić information content (AvgIpc) is 2.94. The Bertz CT molecular complexity index is 1450. The van der Waals surface area contributed by atoms with Crippen molar-refractivity contribution < 1.29 is 22.7 Å². The zero-order chi connectivity index (χ0) is 30.2. The molecule has 0 aliphatic carbocycles.